The summed E-state index contributed by atoms with van der Waals surface area (Å²) < 4.78 is 38.8. The standard InChI is InChI=1S/C6H11F3N2O2/c1-13-5(12)11-3-2-10-4-6(7,8)9/h10H,2-4H2,1H3,(H,11,12). The van der Waals surface area contributed by atoms with Crippen LogP contribution in [0.2, 0.25) is 0 Å². The van der Waals surface area contributed by atoms with Gasteiger partial charge in [0.2, 0.25) is 0 Å². The first-order valence-corrected chi connectivity index (χ1v) is 3.55. The fourth-order valence-electron chi connectivity index (χ4n) is 0.555. The second-order valence-electron chi connectivity index (χ2n) is 2.21. The maximum atomic E-state index is 11.5. The zero-order valence-electron chi connectivity index (χ0n) is 7.07. The molecule has 0 bridgehead atoms. The van der Waals surface area contributed by atoms with Gasteiger partial charge >= 0.3 is 12.3 Å². The van der Waals surface area contributed by atoms with Gasteiger partial charge in [-0.3, -0.25) is 0 Å². The first kappa shape index (κ1) is 12.0. The molecule has 0 heterocycles. The van der Waals surface area contributed by atoms with Crippen molar-refractivity contribution in [2.24, 2.45) is 0 Å². The molecule has 0 radical (unpaired) electrons. The molecular weight excluding hydrogens is 189 g/mol. The van der Waals surface area contributed by atoms with Crippen molar-refractivity contribution in [3.8, 4) is 0 Å². The lowest BCUT2D eigenvalue weighted by atomic mass is 10.5. The van der Waals surface area contributed by atoms with E-state index in [2.05, 4.69) is 15.4 Å². The summed E-state index contributed by atoms with van der Waals surface area (Å²) in [6.07, 6.45) is -4.88. The maximum Gasteiger partial charge on any atom is 0.406 e. The molecule has 0 aromatic heterocycles. The molecule has 0 spiro atoms. The van der Waals surface area contributed by atoms with Crippen molar-refractivity contribution < 1.29 is 22.7 Å². The van der Waals surface area contributed by atoms with Gasteiger partial charge in [0, 0.05) is 13.1 Å². The fraction of sp³-hybridized carbons (Fsp3) is 0.833. The lowest BCUT2D eigenvalue weighted by Crippen LogP contribution is -2.36. The Morgan fingerprint density at radius 3 is 2.46 bits per heavy atom. The third-order valence-corrected chi connectivity index (χ3v) is 1.08. The molecule has 0 saturated carbocycles. The van der Waals surface area contributed by atoms with Gasteiger partial charge in [-0.05, 0) is 0 Å². The quantitative estimate of drug-likeness (QED) is 0.649. The molecule has 0 aromatic carbocycles. The van der Waals surface area contributed by atoms with Crippen LogP contribution in [0.1, 0.15) is 0 Å². The minimum atomic E-state index is -4.22. The average Bonchev–Trinajstić information content (AvgIpc) is 2.01. The summed E-state index contributed by atoms with van der Waals surface area (Å²) in [5.74, 6) is 0. The third kappa shape index (κ3) is 8.93. The molecule has 0 aliphatic rings. The highest BCUT2D eigenvalue weighted by Crippen LogP contribution is 2.11. The first-order chi connectivity index (χ1) is 5.95. The molecule has 1 amide bonds. The van der Waals surface area contributed by atoms with Crippen LogP contribution in [-0.2, 0) is 4.74 Å². The highest BCUT2D eigenvalue weighted by molar-refractivity contribution is 5.66. The molecule has 2 N–H and O–H groups in total. The molecule has 0 rings (SSSR count). The van der Waals surface area contributed by atoms with Crippen LogP contribution in [0.15, 0.2) is 0 Å². The number of methoxy groups -OCH3 is 1. The van der Waals surface area contributed by atoms with Crippen molar-refractivity contribution in [2.45, 2.75) is 6.18 Å². The molecule has 7 heteroatoms. The Hall–Kier alpha value is -0.980. The molecule has 4 nitrogen and oxygen atoms in total. The van der Waals surface area contributed by atoms with Crippen LogP contribution in [0.4, 0.5) is 18.0 Å². The van der Waals surface area contributed by atoms with E-state index >= 15 is 0 Å². The SMILES string of the molecule is COC(=O)NCCNCC(F)(F)F. The predicted octanol–water partition coefficient (Wildman–Crippen LogP) is 0.494. The summed E-state index contributed by atoms with van der Waals surface area (Å²) in [4.78, 5) is 10.4. The topological polar surface area (TPSA) is 50.4 Å². The van der Waals surface area contributed by atoms with E-state index in [4.69, 9.17) is 0 Å². The number of hydrogen-bond donors (Lipinski definition) is 2. The van der Waals surface area contributed by atoms with Crippen molar-refractivity contribution in [1.29, 1.82) is 0 Å². The molecule has 0 unspecified atom stereocenters. The van der Waals surface area contributed by atoms with E-state index in [1.54, 1.807) is 0 Å². The van der Waals surface area contributed by atoms with Crippen LogP contribution in [0.25, 0.3) is 0 Å². The summed E-state index contributed by atoms with van der Waals surface area (Å²) in [5, 5.41) is 4.34. The minimum absolute atomic E-state index is 0.0502. The second-order valence-corrected chi connectivity index (χ2v) is 2.21. The van der Waals surface area contributed by atoms with Gasteiger partial charge in [0.05, 0.1) is 13.7 Å². The van der Waals surface area contributed by atoms with Gasteiger partial charge in [-0.15, -0.1) is 0 Å². The van der Waals surface area contributed by atoms with E-state index in [1.807, 2.05) is 0 Å². The fourth-order valence-corrected chi connectivity index (χ4v) is 0.555. The van der Waals surface area contributed by atoms with Crippen LogP contribution in [0.3, 0.4) is 0 Å². The van der Waals surface area contributed by atoms with E-state index in [-0.39, 0.29) is 13.1 Å². The number of carbonyl (C=O) groups is 1. The zero-order chi connectivity index (χ0) is 10.3. The monoisotopic (exact) mass is 200 g/mol. The largest absolute Gasteiger partial charge is 0.453 e. The molecule has 13 heavy (non-hydrogen) atoms. The summed E-state index contributed by atoms with van der Waals surface area (Å²) in [6, 6.07) is 0. The molecule has 0 aromatic rings. The Kier molecular flexibility index (Phi) is 5.20. The van der Waals surface area contributed by atoms with Crippen LogP contribution in [-0.4, -0.2) is 39.0 Å². The van der Waals surface area contributed by atoms with Gasteiger partial charge in [0.25, 0.3) is 0 Å². The van der Waals surface area contributed by atoms with Crippen molar-refractivity contribution >= 4 is 6.09 Å². The van der Waals surface area contributed by atoms with Crippen LogP contribution < -0.4 is 10.6 Å². The van der Waals surface area contributed by atoms with E-state index in [1.165, 1.54) is 7.11 Å². The van der Waals surface area contributed by atoms with Crippen molar-refractivity contribution in [2.75, 3.05) is 26.7 Å². The van der Waals surface area contributed by atoms with Gasteiger partial charge in [-0.25, -0.2) is 4.79 Å². The first-order valence-electron chi connectivity index (χ1n) is 3.55. The van der Waals surface area contributed by atoms with E-state index in [0.29, 0.717) is 0 Å². The lowest BCUT2D eigenvalue weighted by molar-refractivity contribution is -0.124. The Morgan fingerprint density at radius 1 is 1.38 bits per heavy atom. The summed E-state index contributed by atoms with van der Waals surface area (Å²) >= 11 is 0. The smallest absolute Gasteiger partial charge is 0.406 e. The van der Waals surface area contributed by atoms with Gasteiger partial charge in [-0.2, -0.15) is 13.2 Å². The Labute approximate surface area is 73.4 Å². The maximum absolute atomic E-state index is 11.5. The predicted molar refractivity (Wildman–Crippen MR) is 39.3 cm³/mol. The van der Waals surface area contributed by atoms with Gasteiger partial charge in [-0.1, -0.05) is 0 Å². The van der Waals surface area contributed by atoms with Crippen molar-refractivity contribution in [1.82, 2.24) is 10.6 Å². The molecule has 0 fully saturated rings. The molecule has 0 saturated heterocycles. The molecule has 0 aliphatic carbocycles. The number of halogens is 3. The number of ether oxygens (including phenoxy) is 1. The molecule has 0 aliphatic heterocycles. The number of nitrogens with one attached hydrogen (secondary N) is 2. The van der Waals surface area contributed by atoms with Crippen LogP contribution in [0.5, 0.6) is 0 Å². The molecule has 0 atom stereocenters. The molecule has 78 valence electrons. The number of hydrogen-bond acceptors (Lipinski definition) is 3. The summed E-state index contributed by atoms with van der Waals surface area (Å²) in [5.41, 5.74) is 0. The molecular formula is C6H11F3N2O2. The number of carbonyl (C=O) groups excluding carboxylic acids is 1. The Bertz CT molecular complexity index is 160. The number of amides is 1. The zero-order valence-corrected chi connectivity index (χ0v) is 7.07. The van der Waals surface area contributed by atoms with Gasteiger partial charge in [0.15, 0.2) is 0 Å². The Balaban J connectivity index is 3.22. The highest BCUT2D eigenvalue weighted by atomic mass is 19.4. The van der Waals surface area contributed by atoms with Gasteiger partial charge in [0.1, 0.15) is 0 Å². The van der Waals surface area contributed by atoms with Crippen molar-refractivity contribution in [3.63, 3.8) is 0 Å². The van der Waals surface area contributed by atoms with Gasteiger partial charge < -0.3 is 15.4 Å². The van der Waals surface area contributed by atoms with Crippen LogP contribution >= 0.6 is 0 Å². The average molecular weight is 200 g/mol. The summed E-state index contributed by atoms with van der Waals surface area (Å²) in [6.45, 7) is -0.910. The number of alkyl carbamates (subject to hydrolysis) is 1. The van der Waals surface area contributed by atoms with E-state index in [0.717, 1.165) is 0 Å². The van der Waals surface area contributed by atoms with E-state index < -0.39 is 18.8 Å². The Morgan fingerprint density at radius 2 is 2.00 bits per heavy atom. The van der Waals surface area contributed by atoms with Crippen molar-refractivity contribution in [3.05, 3.63) is 0 Å². The third-order valence-electron chi connectivity index (χ3n) is 1.08. The van der Waals surface area contributed by atoms with Crippen LogP contribution in [0, 0.1) is 0 Å². The number of rotatable bonds is 4. The number of alkyl halides is 3. The minimum Gasteiger partial charge on any atom is -0.453 e. The second kappa shape index (κ2) is 5.63. The van der Waals surface area contributed by atoms with E-state index in [9.17, 15) is 18.0 Å². The lowest BCUT2D eigenvalue weighted by Gasteiger charge is -2.08. The summed E-state index contributed by atoms with van der Waals surface area (Å²) in [7, 11) is 1.18. The highest BCUT2D eigenvalue weighted by Gasteiger charge is 2.25. The normalized spacial score (nSPS) is 11.1.